The molecule has 1 aromatic carbocycles. The van der Waals surface area contributed by atoms with Crippen molar-refractivity contribution in [2.75, 3.05) is 0 Å². The maximum Gasteiger partial charge on any atom is 0.419 e. The number of benzene rings is 1. The van der Waals surface area contributed by atoms with E-state index in [1.165, 1.54) is 6.07 Å². The van der Waals surface area contributed by atoms with E-state index in [4.69, 9.17) is 5.73 Å². The maximum atomic E-state index is 13.3. The predicted molar refractivity (Wildman–Crippen MR) is 69.8 cm³/mol. The topological polar surface area (TPSA) is 26.0 Å². The lowest BCUT2D eigenvalue weighted by Gasteiger charge is -2.39. The Bertz CT molecular complexity index is 493. The van der Waals surface area contributed by atoms with Crippen molar-refractivity contribution >= 4 is 0 Å². The van der Waals surface area contributed by atoms with Crippen LogP contribution in [0.4, 0.5) is 17.6 Å². The van der Waals surface area contributed by atoms with E-state index in [1.807, 2.05) is 0 Å². The van der Waals surface area contributed by atoms with Gasteiger partial charge in [-0.25, -0.2) is 4.39 Å². The second-order valence-electron chi connectivity index (χ2n) is 6.41. The summed E-state index contributed by atoms with van der Waals surface area (Å²) in [5.74, 6) is -1.38. The largest absolute Gasteiger partial charge is 0.419 e. The van der Waals surface area contributed by atoms with E-state index in [2.05, 4.69) is 13.8 Å². The molecule has 0 amide bonds. The van der Waals surface area contributed by atoms with Crippen molar-refractivity contribution in [3.8, 4) is 0 Å². The van der Waals surface area contributed by atoms with Crippen LogP contribution in [0.1, 0.15) is 50.2 Å². The molecule has 0 saturated heterocycles. The summed E-state index contributed by atoms with van der Waals surface area (Å²) >= 11 is 0. The minimum Gasteiger partial charge on any atom is -0.327 e. The molecule has 1 saturated carbocycles. The first-order chi connectivity index (χ1) is 9.10. The zero-order chi connectivity index (χ0) is 15.1. The molecule has 2 unspecified atom stereocenters. The van der Waals surface area contributed by atoms with Crippen LogP contribution in [0, 0.1) is 11.2 Å². The van der Waals surface area contributed by atoms with Gasteiger partial charge in [0.15, 0.2) is 0 Å². The molecule has 112 valence electrons. The fraction of sp³-hybridized carbons (Fsp3) is 0.600. The van der Waals surface area contributed by atoms with Gasteiger partial charge in [-0.1, -0.05) is 19.9 Å². The van der Waals surface area contributed by atoms with Crippen molar-refractivity contribution in [1.29, 1.82) is 0 Å². The Morgan fingerprint density at radius 2 is 1.90 bits per heavy atom. The number of hydrogen-bond donors (Lipinski definition) is 1. The third-order valence-electron chi connectivity index (χ3n) is 4.17. The van der Waals surface area contributed by atoms with Crippen molar-refractivity contribution < 1.29 is 17.6 Å². The molecule has 1 aromatic rings. The first-order valence-corrected chi connectivity index (χ1v) is 6.72. The molecule has 2 atom stereocenters. The Kier molecular flexibility index (Phi) is 3.84. The lowest BCUT2D eigenvalue weighted by atomic mass is 9.68. The standard InChI is InChI=1S/C15H19F4N/c1-14(2)6-5-13(20)10(8-14)9-3-4-12(16)11(7-9)15(17,18)19/h3-4,7,10,13H,5-6,8,20H2,1-2H3. The molecule has 0 spiro atoms. The summed E-state index contributed by atoms with van der Waals surface area (Å²) in [5, 5.41) is 0. The third-order valence-corrected chi connectivity index (χ3v) is 4.17. The van der Waals surface area contributed by atoms with Crippen LogP contribution < -0.4 is 5.73 Å². The van der Waals surface area contributed by atoms with Crippen molar-refractivity contribution in [3.05, 3.63) is 35.1 Å². The van der Waals surface area contributed by atoms with E-state index in [0.717, 1.165) is 31.4 Å². The summed E-state index contributed by atoms with van der Waals surface area (Å²) < 4.78 is 51.7. The molecule has 0 radical (unpaired) electrons. The molecule has 1 nitrogen and oxygen atoms in total. The van der Waals surface area contributed by atoms with Crippen LogP contribution >= 0.6 is 0 Å². The summed E-state index contributed by atoms with van der Waals surface area (Å²) in [6.45, 7) is 4.17. The highest BCUT2D eigenvalue weighted by Crippen LogP contribution is 2.44. The van der Waals surface area contributed by atoms with E-state index >= 15 is 0 Å². The van der Waals surface area contributed by atoms with E-state index in [9.17, 15) is 17.6 Å². The SMILES string of the molecule is CC1(C)CCC(N)C(c2ccc(F)c(C(F)(F)F)c2)C1. The van der Waals surface area contributed by atoms with Gasteiger partial charge in [0.1, 0.15) is 5.82 Å². The molecule has 0 aliphatic heterocycles. The van der Waals surface area contributed by atoms with Crippen LogP contribution in [0.5, 0.6) is 0 Å². The molecule has 2 rings (SSSR count). The molecule has 0 heterocycles. The van der Waals surface area contributed by atoms with Crippen molar-refractivity contribution in [2.45, 2.75) is 51.2 Å². The van der Waals surface area contributed by atoms with E-state index in [-0.39, 0.29) is 17.4 Å². The highest BCUT2D eigenvalue weighted by Gasteiger charge is 2.37. The van der Waals surface area contributed by atoms with Gasteiger partial charge in [0, 0.05) is 6.04 Å². The molecule has 0 aromatic heterocycles. The van der Waals surface area contributed by atoms with Crippen molar-refractivity contribution in [3.63, 3.8) is 0 Å². The minimum atomic E-state index is -4.67. The van der Waals surface area contributed by atoms with Crippen molar-refractivity contribution in [1.82, 2.24) is 0 Å². The quantitative estimate of drug-likeness (QED) is 0.759. The normalized spacial score (nSPS) is 26.6. The van der Waals surface area contributed by atoms with Crippen LogP contribution in [0.2, 0.25) is 0 Å². The van der Waals surface area contributed by atoms with E-state index in [1.54, 1.807) is 0 Å². The molecular weight excluding hydrogens is 270 g/mol. The third kappa shape index (κ3) is 3.14. The number of nitrogens with two attached hydrogens (primary N) is 1. The average Bonchev–Trinajstić information content (AvgIpc) is 2.32. The Labute approximate surface area is 116 Å². The van der Waals surface area contributed by atoms with Gasteiger partial charge in [0.05, 0.1) is 5.56 Å². The molecular formula is C15H19F4N. The van der Waals surface area contributed by atoms with Gasteiger partial charge in [0.25, 0.3) is 0 Å². The summed E-state index contributed by atoms with van der Waals surface area (Å²) in [4.78, 5) is 0. The van der Waals surface area contributed by atoms with Crippen LogP contribution in [0.3, 0.4) is 0 Å². The Hall–Kier alpha value is -1.10. The van der Waals surface area contributed by atoms with Crippen LogP contribution in [0.25, 0.3) is 0 Å². The maximum absolute atomic E-state index is 13.3. The number of halogens is 4. The highest BCUT2D eigenvalue weighted by atomic mass is 19.4. The van der Waals surface area contributed by atoms with Gasteiger partial charge >= 0.3 is 6.18 Å². The zero-order valence-corrected chi connectivity index (χ0v) is 11.6. The zero-order valence-electron chi connectivity index (χ0n) is 11.6. The summed E-state index contributed by atoms with van der Waals surface area (Å²) in [6.07, 6.45) is -2.22. The second kappa shape index (κ2) is 5.02. The van der Waals surface area contributed by atoms with Crippen molar-refractivity contribution in [2.24, 2.45) is 11.1 Å². The van der Waals surface area contributed by atoms with Gasteiger partial charge in [-0.05, 0) is 48.3 Å². The van der Waals surface area contributed by atoms with Crippen LogP contribution in [-0.2, 0) is 6.18 Å². The van der Waals surface area contributed by atoms with Gasteiger partial charge in [0.2, 0.25) is 0 Å². The average molecular weight is 289 g/mol. The van der Waals surface area contributed by atoms with Crippen LogP contribution in [0.15, 0.2) is 18.2 Å². The Morgan fingerprint density at radius 3 is 2.50 bits per heavy atom. The van der Waals surface area contributed by atoms with E-state index < -0.39 is 17.6 Å². The lowest BCUT2D eigenvalue weighted by molar-refractivity contribution is -0.140. The second-order valence-corrected chi connectivity index (χ2v) is 6.41. The van der Waals surface area contributed by atoms with Gasteiger partial charge < -0.3 is 5.73 Å². The highest BCUT2D eigenvalue weighted by molar-refractivity contribution is 5.31. The van der Waals surface area contributed by atoms with Gasteiger partial charge in [-0.3, -0.25) is 0 Å². The van der Waals surface area contributed by atoms with Gasteiger partial charge in [-0.2, -0.15) is 13.2 Å². The molecule has 20 heavy (non-hydrogen) atoms. The Morgan fingerprint density at radius 1 is 1.25 bits per heavy atom. The summed E-state index contributed by atoms with van der Waals surface area (Å²) in [7, 11) is 0. The predicted octanol–water partition coefficient (Wildman–Crippen LogP) is 4.47. The summed E-state index contributed by atoms with van der Waals surface area (Å²) in [5.41, 5.74) is 5.39. The van der Waals surface area contributed by atoms with Crippen LogP contribution in [-0.4, -0.2) is 6.04 Å². The lowest BCUT2D eigenvalue weighted by Crippen LogP contribution is -2.37. The molecule has 2 N–H and O–H groups in total. The molecule has 1 aliphatic carbocycles. The van der Waals surface area contributed by atoms with E-state index in [0.29, 0.717) is 5.56 Å². The number of rotatable bonds is 1. The number of hydrogen-bond acceptors (Lipinski definition) is 1. The smallest absolute Gasteiger partial charge is 0.327 e. The number of alkyl halides is 3. The first kappa shape index (κ1) is 15.3. The fourth-order valence-electron chi connectivity index (χ4n) is 2.96. The monoisotopic (exact) mass is 289 g/mol. The molecule has 1 fully saturated rings. The van der Waals surface area contributed by atoms with Gasteiger partial charge in [-0.15, -0.1) is 0 Å². The molecule has 0 bridgehead atoms. The fourth-order valence-corrected chi connectivity index (χ4v) is 2.96. The molecule has 5 heteroatoms. The summed E-state index contributed by atoms with van der Waals surface area (Å²) in [6, 6.07) is 3.07. The molecule has 1 aliphatic rings. The Balaban J connectivity index is 2.37. The first-order valence-electron chi connectivity index (χ1n) is 6.72. The minimum absolute atomic E-state index is 0.0489.